The van der Waals surface area contributed by atoms with Crippen LogP contribution in [0.3, 0.4) is 0 Å². The second kappa shape index (κ2) is 45.8. The number of benzene rings is 12. The van der Waals surface area contributed by atoms with Gasteiger partial charge in [-0.3, -0.25) is 0 Å². The molecule has 2 nitrogen and oxygen atoms in total. The molecule has 0 heterocycles. The van der Waals surface area contributed by atoms with E-state index in [1.165, 1.54) is 53.8 Å². The molecule has 808 valence electrons. The molecule has 12 aromatic rings. The minimum Gasteiger partial charge on any atom is -0.199 e. The molecule has 0 atom stereocenters. The maximum Gasteiger partial charge on any atom is 2.00 e. The van der Waals surface area contributed by atoms with Crippen LogP contribution in [0.2, 0.25) is 0 Å². The first kappa shape index (κ1) is 125. The molecule has 0 fully saturated rings. The molecule has 150 heavy (non-hydrogen) atoms. The summed E-state index contributed by atoms with van der Waals surface area (Å²) in [5, 5.41) is 20.6. The van der Waals surface area contributed by atoms with E-state index in [-0.39, 0.29) is 36.3 Å². The van der Waals surface area contributed by atoms with Crippen LogP contribution in [0.25, 0.3) is 0 Å². The third-order valence-electron chi connectivity index (χ3n) is 22.3. The molecule has 0 aliphatic rings. The summed E-state index contributed by atoms with van der Waals surface area (Å²) in [6.45, 7) is 2.86. The Bertz CT molecular complexity index is 5610. The topological polar surface area (TPSA) is 47.6 Å². The van der Waals surface area contributed by atoms with Crippen molar-refractivity contribution in [1.29, 1.82) is 10.5 Å². The standard InChI is InChI=1S/2C32H12BF24.C27H26P2.2C2H3N.Pd/c2*34-25(35,36)13-1-5-21(17(9-13)29(46,47)48)33(22-6-2-14(26(37,38)39)10-18(22)30(49,50)51,23-7-3-15(27(40,41)42)11-19(23)31(52,53)54)24-8-4-16(28(43,44)45)12-20(24)32(55,56)57;1-5-14-24(15-6-1)28(25-16-7-2-8-17-25)22-13-23-29(26-18-9-3-10-19-26)27-20-11-4-12-21-27;2*1-2-3;/h2*1-12H;1-12,14-21H,13,22-23H2;2*1H3;/q2*-1;;;;+2. The predicted octanol–water partition coefficient (Wildman–Crippen LogP) is 29.1. The largest absolute Gasteiger partial charge is 2.00 e. The molecule has 0 amide bonds. The van der Waals surface area contributed by atoms with E-state index in [0.29, 0.717) is 0 Å². The van der Waals surface area contributed by atoms with Crippen molar-refractivity contribution in [2.45, 2.75) is 119 Å². The van der Waals surface area contributed by atoms with Gasteiger partial charge in [0.2, 0.25) is 0 Å². The van der Waals surface area contributed by atoms with E-state index in [1.54, 1.807) is 12.1 Å². The average molecular weight is 2330 g/mol. The summed E-state index contributed by atoms with van der Waals surface area (Å²) in [6, 6.07) is 30.1. The molecule has 12 rings (SSSR count). The minimum absolute atomic E-state index is 0. The second-order valence-corrected chi connectivity index (χ2v) is 36.2. The van der Waals surface area contributed by atoms with Crippen molar-refractivity contribution < 1.29 is 231 Å². The second-order valence-electron chi connectivity index (χ2n) is 31.6. The van der Waals surface area contributed by atoms with Gasteiger partial charge in [0.1, 0.15) is 12.3 Å². The van der Waals surface area contributed by atoms with Crippen molar-refractivity contribution in [1.82, 2.24) is 0 Å². The van der Waals surface area contributed by atoms with Crippen molar-refractivity contribution in [2.75, 3.05) is 12.3 Å². The van der Waals surface area contributed by atoms with Crippen LogP contribution in [0.4, 0.5) is 211 Å². The minimum atomic E-state index is -6.51. The quantitative estimate of drug-likeness (QED) is 0.0550. The van der Waals surface area contributed by atoms with Crippen LogP contribution in [0, 0.1) is 22.7 Å². The van der Waals surface area contributed by atoms with E-state index < -0.39 is 389 Å². The van der Waals surface area contributed by atoms with Gasteiger partial charge in [-0.25, -0.2) is 0 Å². The zero-order valence-electron chi connectivity index (χ0n) is 73.9. The molecule has 0 radical (unpaired) electrons. The molecule has 12 aromatic carbocycles. The maximum atomic E-state index is 14.9. The third kappa shape index (κ3) is 29.4. The summed E-state index contributed by atoms with van der Waals surface area (Å²) in [7, 11) is -0.618. The van der Waals surface area contributed by atoms with Gasteiger partial charge in [0.05, 0.1) is 56.6 Å². The monoisotopic (exact) mass is 2330 g/mol. The van der Waals surface area contributed by atoms with Crippen molar-refractivity contribution in [3.8, 4) is 12.1 Å². The summed E-state index contributed by atoms with van der Waals surface area (Å²) >= 11 is 0. The Morgan fingerprint density at radius 1 is 0.180 bits per heavy atom. The molecule has 0 N–H and O–H groups in total. The summed E-state index contributed by atoms with van der Waals surface area (Å²) in [5.41, 5.74) is -64.1. The van der Waals surface area contributed by atoms with Gasteiger partial charge in [-0.15, -0.1) is 0 Å². The summed E-state index contributed by atoms with van der Waals surface area (Å²) in [6.07, 6.45) is -108. The number of halogens is 48. The van der Waals surface area contributed by atoms with Crippen LogP contribution in [-0.4, -0.2) is 24.6 Å². The number of nitriles is 2. The first-order valence-corrected chi connectivity index (χ1v) is 44.0. The summed E-state index contributed by atoms with van der Waals surface area (Å²) in [5.74, 6) is 0. The zero-order valence-corrected chi connectivity index (χ0v) is 77.3. The van der Waals surface area contributed by atoms with E-state index >= 15 is 0 Å². The smallest absolute Gasteiger partial charge is 0.199 e. The molecule has 55 heteroatoms. The van der Waals surface area contributed by atoms with Gasteiger partial charge in [0.25, 0.3) is 0 Å². The van der Waals surface area contributed by atoms with E-state index in [0.717, 1.165) is 0 Å². The van der Waals surface area contributed by atoms with Crippen molar-refractivity contribution in [2.24, 2.45) is 0 Å². The Morgan fingerprint density at radius 3 is 0.380 bits per heavy atom. The average Bonchev–Trinajstić information content (AvgIpc) is 0.692. The van der Waals surface area contributed by atoms with Crippen LogP contribution in [0.5, 0.6) is 0 Å². The van der Waals surface area contributed by atoms with Crippen molar-refractivity contribution in [3.63, 3.8) is 0 Å². The molecule has 0 saturated heterocycles. The first-order valence-electron chi connectivity index (χ1n) is 40.9. The number of hydrogen-bond donors (Lipinski definition) is 0. The van der Waals surface area contributed by atoms with Gasteiger partial charge >= 0.3 is 119 Å². The fraction of sp³-hybridized carbons (Fsp3) is 0.221. The molecule has 0 unspecified atom stereocenters. The molecule has 0 aliphatic carbocycles. The molecular formula is C95H56B2F48N2P2Pd. The van der Waals surface area contributed by atoms with E-state index in [4.69, 9.17) is 10.5 Å². The Kier molecular flexibility index (Phi) is 38.1. The van der Waals surface area contributed by atoms with Gasteiger partial charge in [0.15, 0.2) is 0 Å². The number of rotatable bonds is 16. The van der Waals surface area contributed by atoms with Gasteiger partial charge in [0, 0.05) is 58.4 Å². The third-order valence-corrected chi connectivity index (χ3v) is 27.5. The molecule has 0 saturated carbocycles. The van der Waals surface area contributed by atoms with Gasteiger partial charge in [-0.1, -0.05) is 218 Å². The van der Waals surface area contributed by atoms with E-state index in [9.17, 15) is 211 Å². The Labute approximate surface area is 830 Å². The molecular weight excluding hydrogens is 2270 g/mol. The number of nitrogens with zero attached hydrogens (tertiary/aromatic N) is 2. The Morgan fingerprint density at radius 2 is 0.287 bits per heavy atom. The maximum absolute atomic E-state index is 14.9. The summed E-state index contributed by atoms with van der Waals surface area (Å²) in [4.78, 5) is 0. The zero-order chi connectivity index (χ0) is 113. The van der Waals surface area contributed by atoms with Crippen LogP contribution in [-0.2, 0) is 119 Å². The van der Waals surface area contributed by atoms with Crippen LogP contribution in [0.15, 0.2) is 267 Å². The van der Waals surface area contributed by atoms with Crippen molar-refractivity contribution >= 4 is 93.1 Å². The van der Waals surface area contributed by atoms with Crippen LogP contribution in [0.1, 0.15) is 109 Å². The van der Waals surface area contributed by atoms with E-state index in [1.807, 2.05) is 0 Å². The number of hydrogen-bond acceptors (Lipinski definition) is 2. The SMILES string of the molecule is CC#N.CC#N.FC(F)(F)c1ccc([B-](c2ccc(C(F)(F)F)cc2C(F)(F)F)(c2ccc(C(F)(F)F)cc2C(F)(F)F)c2ccc(C(F)(F)F)cc2C(F)(F)F)c(C(F)(F)F)c1.FC(F)(F)c1ccc([B-](c2ccc(C(F)(F)F)cc2C(F)(F)F)(c2ccc(C(F)(F)F)cc2C(F)(F)F)c2ccc(C(F)(F)F)cc2C(F)(F)F)c(C(F)(F)F)c1.[Pd+2].c1ccc(P(CCCP(c2ccccc2)c2ccccc2)c2ccccc2)cc1. The fourth-order valence-electron chi connectivity index (χ4n) is 16.5. The van der Waals surface area contributed by atoms with Gasteiger partial charge < -0.3 is 0 Å². The van der Waals surface area contributed by atoms with Crippen molar-refractivity contribution in [3.05, 3.63) is 356 Å². The van der Waals surface area contributed by atoms with Gasteiger partial charge in [-0.05, 0) is 104 Å². The first-order chi connectivity index (χ1) is 67.9. The van der Waals surface area contributed by atoms with Crippen LogP contribution >= 0.6 is 15.8 Å². The summed E-state index contributed by atoms with van der Waals surface area (Å²) < 4.78 is 687. The molecule has 0 aliphatic heterocycles. The molecule has 0 bridgehead atoms. The van der Waals surface area contributed by atoms with Gasteiger partial charge in [-0.2, -0.15) is 265 Å². The fourth-order valence-corrected chi connectivity index (χ4v) is 21.4. The molecule has 0 spiro atoms. The number of alkyl halides is 48. The predicted molar refractivity (Wildman–Crippen MR) is 455 cm³/mol. The Hall–Kier alpha value is -12.1. The van der Waals surface area contributed by atoms with E-state index in [2.05, 4.69) is 121 Å². The van der Waals surface area contributed by atoms with Crippen LogP contribution < -0.4 is 64.9 Å². The molecule has 0 aromatic heterocycles. The normalized spacial score (nSPS) is 13.1. The Balaban J connectivity index is 0.000000308.